The summed E-state index contributed by atoms with van der Waals surface area (Å²) in [4.78, 5) is 14.1. The highest BCUT2D eigenvalue weighted by molar-refractivity contribution is 5.90. The zero-order chi connectivity index (χ0) is 17.5. The van der Waals surface area contributed by atoms with Crippen molar-refractivity contribution in [3.63, 3.8) is 0 Å². The average Bonchev–Trinajstić information content (AvgIpc) is 2.96. The van der Waals surface area contributed by atoms with E-state index >= 15 is 0 Å². The molecular formula is C18H26N4O2. The molecule has 0 atom stereocenters. The maximum absolute atomic E-state index is 12.0. The van der Waals surface area contributed by atoms with Crippen LogP contribution in [0.5, 0.6) is 5.75 Å². The van der Waals surface area contributed by atoms with Crippen molar-refractivity contribution in [3.8, 4) is 5.75 Å². The summed E-state index contributed by atoms with van der Waals surface area (Å²) in [6.45, 7) is 6.15. The van der Waals surface area contributed by atoms with Gasteiger partial charge in [0.15, 0.2) is 0 Å². The number of ether oxygens (including phenoxy) is 1. The second-order valence-corrected chi connectivity index (χ2v) is 6.19. The Bertz CT molecular complexity index is 679. The van der Waals surface area contributed by atoms with Crippen molar-refractivity contribution in [1.29, 1.82) is 0 Å². The van der Waals surface area contributed by atoms with Gasteiger partial charge in [0.25, 0.3) is 0 Å². The normalized spacial score (nSPS) is 10.9. The highest BCUT2D eigenvalue weighted by atomic mass is 16.5. The summed E-state index contributed by atoms with van der Waals surface area (Å²) in [5, 5.41) is 7.07. The van der Waals surface area contributed by atoms with Gasteiger partial charge in [0.2, 0.25) is 5.91 Å². The van der Waals surface area contributed by atoms with Crippen LogP contribution in [0.3, 0.4) is 0 Å². The Morgan fingerprint density at radius 1 is 1.29 bits per heavy atom. The predicted octanol–water partition coefficient (Wildman–Crippen LogP) is 2.47. The fraction of sp³-hybridized carbons (Fsp3) is 0.444. The molecule has 0 unspecified atom stereocenters. The molecule has 2 aromatic rings. The molecule has 0 saturated heterocycles. The van der Waals surface area contributed by atoms with E-state index in [0.29, 0.717) is 18.7 Å². The summed E-state index contributed by atoms with van der Waals surface area (Å²) in [5.74, 6) is 0.716. The van der Waals surface area contributed by atoms with E-state index in [1.54, 1.807) is 6.20 Å². The summed E-state index contributed by atoms with van der Waals surface area (Å²) in [6.07, 6.45) is 3.80. The highest BCUT2D eigenvalue weighted by Crippen LogP contribution is 2.16. The minimum Gasteiger partial charge on any atom is -0.493 e. The molecule has 0 radical (unpaired) electrons. The van der Waals surface area contributed by atoms with Crippen molar-refractivity contribution < 1.29 is 9.53 Å². The number of carbonyl (C=O) groups excluding carboxylic acids is 1. The molecule has 0 fully saturated rings. The number of aromatic nitrogens is 2. The number of amides is 1. The number of aryl methyl sites for hydroxylation is 2. The Kier molecular flexibility index (Phi) is 6.37. The molecule has 0 aliphatic heterocycles. The van der Waals surface area contributed by atoms with E-state index in [2.05, 4.69) is 22.2 Å². The molecule has 0 saturated carbocycles. The lowest BCUT2D eigenvalue weighted by Gasteiger charge is -2.09. The first-order chi connectivity index (χ1) is 11.4. The number of rotatable bonds is 8. The molecule has 0 spiro atoms. The van der Waals surface area contributed by atoms with E-state index in [1.165, 1.54) is 11.1 Å². The zero-order valence-corrected chi connectivity index (χ0v) is 14.9. The van der Waals surface area contributed by atoms with Gasteiger partial charge < -0.3 is 15.0 Å². The quantitative estimate of drug-likeness (QED) is 0.808. The van der Waals surface area contributed by atoms with Gasteiger partial charge in [-0.15, -0.1) is 0 Å². The number of likely N-dealkylation sites (N-methyl/N-ethyl adjacent to an activating group) is 1. The Hall–Kier alpha value is -2.34. The SMILES string of the molecule is Cc1ccc(OCCC(=O)Nc2cnn(CCN(C)C)c2)cc1C. The fourth-order valence-electron chi connectivity index (χ4n) is 2.14. The third-order valence-electron chi connectivity index (χ3n) is 3.77. The van der Waals surface area contributed by atoms with Crippen molar-refractivity contribution in [2.45, 2.75) is 26.8 Å². The van der Waals surface area contributed by atoms with Gasteiger partial charge >= 0.3 is 0 Å². The summed E-state index contributed by atoms with van der Waals surface area (Å²) < 4.78 is 7.45. The number of hydrogen-bond donors (Lipinski definition) is 1. The summed E-state index contributed by atoms with van der Waals surface area (Å²) in [6, 6.07) is 5.93. The molecule has 2 rings (SSSR count). The molecule has 1 aromatic heterocycles. The number of nitrogens with one attached hydrogen (secondary N) is 1. The number of hydrogen-bond acceptors (Lipinski definition) is 4. The molecule has 6 heteroatoms. The van der Waals surface area contributed by atoms with Crippen LogP contribution in [0.25, 0.3) is 0 Å². The second kappa shape index (κ2) is 8.49. The molecule has 130 valence electrons. The highest BCUT2D eigenvalue weighted by Gasteiger charge is 2.06. The molecule has 6 nitrogen and oxygen atoms in total. The fourth-order valence-corrected chi connectivity index (χ4v) is 2.14. The first-order valence-corrected chi connectivity index (χ1v) is 8.11. The van der Waals surface area contributed by atoms with Crippen LogP contribution in [0.1, 0.15) is 17.5 Å². The number of benzene rings is 1. The van der Waals surface area contributed by atoms with Crippen molar-refractivity contribution in [1.82, 2.24) is 14.7 Å². The smallest absolute Gasteiger partial charge is 0.227 e. The van der Waals surface area contributed by atoms with Crippen LogP contribution >= 0.6 is 0 Å². The summed E-state index contributed by atoms with van der Waals surface area (Å²) in [7, 11) is 4.03. The zero-order valence-electron chi connectivity index (χ0n) is 14.9. The largest absolute Gasteiger partial charge is 0.493 e. The van der Waals surface area contributed by atoms with Crippen LogP contribution in [-0.4, -0.2) is 47.8 Å². The van der Waals surface area contributed by atoms with Gasteiger partial charge in [-0.3, -0.25) is 9.48 Å². The number of nitrogens with zero attached hydrogens (tertiary/aromatic N) is 3. The molecule has 1 aromatic carbocycles. The Balaban J connectivity index is 1.74. The lowest BCUT2D eigenvalue weighted by atomic mass is 10.1. The average molecular weight is 330 g/mol. The molecule has 0 bridgehead atoms. The Morgan fingerprint density at radius 2 is 2.08 bits per heavy atom. The molecule has 0 aliphatic carbocycles. The minimum absolute atomic E-state index is 0.0778. The molecule has 1 amide bonds. The maximum Gasteiger partial charge on any atom is 0.227 e. The van der Waals surface area contributed by atoms with Crippen LogP contribution in [0, 0.1) is 13.8 Å². The molecular weight excluding hydrogens is 304 g/mol. The van der Waals surface area contributed by atoms with E-state index in [9.17, 15) is 4.79 Å². The summed E-state index contributed by atoms with van der Waals surface area (Å²) >= 11 is 0. The maximum atomic E-state index is 12.0. The topological polar surface area (TPSA) is 59.4 Å². The van der Waals surface area contributed by atoms with Gasteiger partial charge in [-0.05, 0) is 51.2 Å². The van der Waals surface area contributed by atoms with E-state index in [1.807, 2.05) is 50.1 Å². The number of anilines is 1. The molecule has 1 N–H and O–H groups in total. The molecule has 0 aliphatic rings. The van der Waals surface area contributed by atoms with Crippen LogP contribution < -0.4 is 10.1 Å². The van der Waals surface area contributed by atoms with Crippen molar-refractivity contribution in [2.75, 3.05) is 32.6 Å². The lowest BCUT2D eigenvalue weighted by Crippen LogP contribution is -2.18. The van der Waals surface area contributed by atoms with Gasteiger partial charge in [-0.25, -0.2) is 0 Å². The van der Waals surface area contributed by atoms with Gasteiger partial charge in [0.05, 0.1) is 31.5 Å². The van der Waals surface area contributed by atoms with E-state index < -0.39 is 0 Å². The van der Waals surface area contributed by atoms with Crippen LogP contribution in [0.4, 0.5) is 5.69 Å². The third kappa shape index (κ3) is 5.70. The predicted molar refractivity (Wildman–Crippen MR) is 95.4 cm³/mol. The number of carbonyl (C=O) groups is 1. The third-order valence-corrected chi connectivity index (χ3v) is 3.77. The van der Waals surface area contributed by atoms with E-state index in [4.69, 9.17) is 4.74 Å². The van der Waals surface area contributed by atoms with Gasteiger partial charge in [0.1, 0.15) is 5.75 Å². The molecule has 1 heterocycles. The second-order valence-electron chi connectivity index (χ2n) is 6.19. The monoisotopic (exact) mass is 330 g/mol. The molecule has 24 heavy (non-hydrogen) atoms. The first kappa shape index (κ1) is 18.0. The van der Waals surface area contributed by atoms with Crippen molar-refractivity contribution in [3.05, 3.63) is 41.7 Å². The van der Waals surface area contributed by atoms with E-state index in [-0.39, 0.29) is 5.91 Å². The van der Waals surface area contributed by atoms with Gasteiger partial charge in [0, 0.05) is 12.7 Å². The van der Waals surface area contributed by atoms with Crippen LogP contribution in [0.15, 0.2) is 30.6 Å². The Labute approximate surface area is 143 Å². The lowest BCUT2D eigenvalue weighted by molar-refractivity contribution is -0.116. The Morgan fingerprint density at radius 3 is 2.79 bits per heavy atom. The summed E-state index contributed by atoms with van der Waals surface area (Å²) in [5.41, 5.74) is 3.12. The standard InChI is InChI=1S/C18H26N4O2/c1-14-5-6-17(11-15(14)2)24-10-7-18(23)20-16-12-19-22(13-16)9-8-21(3)4/h5-6,11-13H,7-10H2,1-4H3,(H,20,23). The van der Waals surface area contributed by atoms with Crippen molar-refractivity contribution >= 4 is 11.6 Å². The van der Waals surface area contributed by atoms with Crippen molar-refractivity contribution in [2.24, 2.45) is 0 Å². The first-order valence-electron chi connectivity index (χ1n) is 8.11. The van der Waals surface area contributed by atoms with Gasteiger partial charge in [-0.1, -0.05) is 6.07 Å². The minimum atomic E-state index is -0.0778. The van der Waals surface area contributed by atoms with Crippen LogP contribution in [0.2, 0.25) is 0 Å². The van der Waals surface area contributed by atoms with Crippen LogP contribution in [-0.2, 0) is 11.3 Å². The van der Waals surface area contributed by atoms with E-state index in [0.717, 1.165) is 18.8 Å². The van der Waals surface area contributed by atoms with Gasteiger partial charge in [-0.2, -0.15) is 5.10 Å².